The molecule has 176 valence electrons. The Hall–Kier alpha value is -4.82. The van der Waals surface area contributed by atoms with E-state index in [1.165, 1.54) is 71.6 Å². The zero-order valence-corrected chi connectivity index (χ0v) is 20.3. The van der Waals surface area contributed by atoms with Gasteiger partial charge in [-0.15, -0.1) is 0 Å². The number of fused-ring (bicyclic) bond motifs is 8. The first-order valence-electron chi connectivity index (χ1n) is 12.9. The van der Waals surface area contributed by atoms with Gasteiger partial charge in [0.2, 0.25) is 0 Å². The molecule has 7 aromatic rings. The van der Waals surface area contributed by atoms with Crippen LogP contribution in [0.4, 0.5) is 0 Å². The maximum absolute atomic E-state index is 3.64. The number of benzene rings is 5. The first kappa shape index (κ1) is 20.4. The van der Waals surface area contributed by atoms with E-state index in [0.717, 1.165) is 6.42 Å². The minimum absolute atomic E-state index is 0. The first-order valence-corrected chi connectivity index (χ1v) is 12.9. The zero-order chi connectivity index (χ0) is 24.3. The van der Waals surface area contributed by atoms with E-state index < -0.39 is 0 Å². The minimum atomic E-state index is 0. The van der Waals surface area contributed by atoms with Gasteiger partial charge in [-0.05, 0) is 77.2 Å². The van der Waals surface area contributed by atoms with Crippen LogP contribution in [0.25, 0.3) is 72.6 Å². The number of H-pyrrole nitrogens is 1. The molecule has 0 bridgehead atoms. The molecule has 2 aromatic heterocycles. The summed E-state index contributed by atoms with van der Waals surface area (Å²) in [5.41, 5.74) is 11.1. The van der Waals surface area contributed by atoms with Gasteiger partial charge in [-0.3, -0.25) is 0 Å². The molecule has 5 aromatic carbocycles. The van der Waals surface area contributed by atoms with Crippen LogP contribution in [0.15, 0.2) is 115 Å². The Morgan fingerprint density at radius 2 is 1.32 bits per heavy atom. The van der Waals surface area contributed by atoms with Crippen LogP contribution in [0.2, 0.25) is 0 Å². The van der Waals surface area contributed by atoms with E-state index in [1.807, 2.05) is 0 Å². The van der Waals surface area contributed by atoms with Crippen LogP contribution in [0, 0.1) is 0 Å². The SMILES string of the molecule is C1=Cc2ccc3[nH]c4ccc(-c5ccc6c(c5)c5ccccc5n6-c5ccccc5)cc4c3c2C=CC1.[HH]. The molecule has 0 amide bonds. The van der Waals surface area contributed by atoms with Crippen molar-refractivity contribution in [2.45, 2.75) is 6.42 Å². The minimum Gasteiger partial charge on any atom is -0.354 e. The van der Waals surface area contributed by atoms with Crippen molar-refractivity contribution in [3.63, 3.8) is 0 Å². The molecule has 0 atom stereocenters. The van der Waals surface area contributed by atoms with Gasteiger partial charge in [-0.1, -0.05) is 78.9 Å². The summed E-state index contributed by atoms with van der Waals surface area (Å²) in [6.07, 6.45) is 9.98. The molecule has 1 aliphatic carbocycles. The van der Waals surface area contributed by atoms with Gasteiger partial charge in [-0.25, -0.2) is 0 Å². The molecule has 1 aliphatic rings. The van der Waals surface area contributed by atoms with Crippen LogP contribution in [0.3, 0.4) is 0 Å². The number of aromatic amines is 1. The van der Waals surface area contributed by atoms with Crippen molar-refractivity contribution in [1.29, 1.82) is 0 Å². The Labute approximate surface area is 216 Å². The molecule has 0 saturated carbocycles. The predicted octanol–water partition coefficient (Wildman–Crippen LogP) is 9.76. The second kappa shape index (κ2) is 7.84. The Balaban J connectivity index is 0.00000242. The fourth-order valence-corrected chi connectivity index (χ4v) is 6.01. The first-order chi connectivity index (χ1) is 18.3. The van der Waals surface area contributed by atoms with Crippen molar-refractivity contribution in [2.75, 3.05) is 0 Å². The van der Waals surface area contributed by atoms with Crippen LogP contribution in [0.5, 0.6) is 0 Å². The van der Waals surface area contributed by atoms with Crippen LogP contribution in [0.1, 0.15) is 19.0 Å². The molecule has 0 spiro atoms. The monoisotopic (exact) mass is 474 g/mol. The lowest BCUT2D eigenvalue weighted by Gasteiger charge is -2.08. The van der Waals surface area contributed by atoms with Gasteiger partial charge in [-0.2, -0.15) is 0 Å². The molecule has 8 rings (SSSR count). The third-order valence-corrected chi connectivity index (χ3v) is 7.71. The van der Waals surface area contributed by atoms with Gasteiger partial charge in [0, 0.05) is 39.7 Å². The number of para-hydroxylation sites is 2. The summed E-state index contributed by atoms with van der Waals surface area (Å²) < 4.78 is 2.37. The van der Waals surface area contributed by atoms with Crippen LogP contribution in [-0.4, -0.2) is 9.55 Å². The highest BCUT2D eigenvalue weighted by atomic mass is 15.0. The van der Waals surface area contributed by atoms with Crippen LogP contribution in [-0.2, 0) is 0 Å². The molecule has 0 unspecified atom stereocenters. The summed E-state index contributed by atoms with van der Waals surface area (Å²) in [6.45, 7) is 0. The maximum atomic E-state index is 3.64. The topological polar surface area (TPSA) is 20.7 Å². The average molecular weight is 475 g/mol. The highest BCUT2D eigenvalue weighted by molar-refractivity contribution is 6.14. The van der Waals surface area contributed by atoms with Crippen molar-refractivity contribution >= 4 is 55.8 Å². The summed E-state index contributed by atoms with van der Waals surface area (Å²) in [5.74, 6) is 0. The molecule has 0 saturated heterocycles. The molecule has 2 heterocycles. The van der Waals surface area contributed by atoms with Crippen molar-refractivity contribution in [1.82, 2.24) is 9.55 Å². The van der Waals surface area contributed by atoms with E-state index in [4.69, 9.17) is 0 Å². The molecular weight excluding hydrogens is 448 g/mol. The molecule has 0 aliphatic heterocycles. The predicted molar refractivity (Wildman–Crippen MR) is 160 cm³/mol. The van der Waals surface area contributed by atoms with E-state index in [-0.39, 0.29) is 1.43 Å². The quantitative estimate of drug-likeness (QED) is 0.257. The summed E-state index contributed by atoms with van der Waals surface area (Å²) in [7, 11) is 0. The average Bonchev–Trinajstić information content (AvgIpc) is 3.38. The lowest BCUT2D eigenvalue weighted by Crippen LogP contribution is -1.92. The number of allylic oxidation sites excluding steroid dienone is 2. The van der Waals surface area contributed by atoms with E-state index >= 15 is 0 Å². The second-order valence-electron chi connectivity index (χ2n) is 9.84. The third-order valence-electron chi connectivity index (χ3n) is 7.71. The fourth-order valence-electron chi connectivity index (χ4n) is 6.01. The molecule has 0 fully saturated rings. The van der Waals surface area contributed by atoms with Crippen molar-refractivity contribution < 1.29 is 1.43 Å². The second-order valence-corrected chi connectivity index (χ2v) is 9.84. The Morgan fingerprint density at radius 3 is 2.24 bits per heavy atom. The van der Waals surface area contributed by atoms with Gasteiger partial charge >= 0.3 is 0 Å². The lowest BCUT2D eigenvalue weighted by atomic mass is 9.97. The largest absolute Gasteiger partial charge is 0.354 e. The Morgan fingerprint density at radius 1 is 0.595 bits per heavy atom. The highest BCUT2D eigenvalue weighted by Crippen LogP contribution is 2.38. The number of rotatable bonds is 2. The standard InChI is InChI=1S/C35H24N2.H2/c1-3-9-23-15-19-32-35(27(23)12-6-1)30-22-24(16-18-31(30)36-32)25-17-20-34-29(21-25)28-13-7-8-14-33(28)37(34)26-10-4-2-5-11-26;/h2-22,36H,1H2;1H. The van der Waals surface area contributed by atoms with Crippen LogP contribution < -0.4 is 0 Å². The molecular formula is C35H26N2. The number of hydrogen-bond acceptors (Lipinski definition) is 0. The molecule has 1 N–H and O–H groups in total. The van der Waals surface area contributed by atoms with Gasteiger partial charge in [0.25, 0.3) is 0 Å². The normalized spacial score (nSPS) is 13.1. The number of nitrogens with zero attached hydrogens (tertiary/aromatic N) is 1. The van der Waals surface area contributed by atoms with Crippen molar-refractivity contribution in [3.05, 3.63) is 126 Å². The van der Waals surface area contributed by atoms with E-state index in [0.29, 0.717) is 0 Å². The third kappa shape index (κ3) is 3.06. The van der Waals surface area contributed by atoms with Gasteiger partial charge in [0.1, 0.15) is 0 Å². The molecule has 2 nitrogen and oxygen atoms in total. The van der Waals surface area contributed by atoms with E-state index in [9.17, 15) is 0 Å². The van der Waals surface area contributed by atoms with Gasteiger partial charge in [0.05, 0.1) is 11.0 Å². The number of aromatic nitrogens is 2. The summed E-state index contributed by atoms with van der Waals surface area (Å²) in [5, 5.41) is 5.13. The van der Waals surface area contributed by atoms with Crippen LogP contribution >= 0.6 is 0 Å². The fraction of sp³-hybridized carbons (Fsp3) is 0.0286. The van der Waals surface area contributed by atoms with Gasteiger partial charge in [0.15, 0.2) is 0 Å². The highest BCUT2D eigenvalue weighted by Gasteiger charge is 2.15. The summed E-state index contributed by atoms with van der Waals surface area (Å²) in [6, 6.07) is 37.5. The zero-order valence-electron chi connectivity index (χ0n) is 20.3. The Kier molecular flexibility index (Phi) is 4.32. The number of hydrogen-bond donors (Lipinski definition) is 1. The summed E-state index contributed by atoms with van der Waals surface area (Å²) in [4.78, 5) is 3.64. The molecule has 37 heavy (non-hydrogen) atoms. The van der Waals surface area contributed by atoms with E-state index in [1.54, 1.807) is 0 Å². The summed E-state index contributed by atoms with van der Waals surface area (Å²) >= 11 is 0. The molecule has 0 radical (unpaired) electrons. The maximum Gasteiger partial charge on any atom is 0.0541 e. The lowest BCUT2D eigenvalue weighted by molar-refractivity contribution is 1.18. The van der Waals surface area contributed by atoms with Crippen molar-refractivity contribution in [2.24, 2.45) is 0 Å². The number of nitrogens with one attached hydrogen (secondary N) is 1. The molecule has 2 heteroatoms. The van der Waals surface area contributed by atoms with Gasteiger partial charge < -0.3 is 9.55 Å². The smallest absolute Gasteiger partial charge is 0.0541 e. The van der Waals surface area contributed by atoms with E-state index in [2.05, 4.69) is 137 Å². The van der Waals surface area contributed by atoms with Crippen molar-refractivity contribution in [3.8, 4) is 16.8 Å². The Bertz CT molecular complexity index is 2060.